The first-order valence-corrected chi connectivity index (χ1v) is 8.70. The Morgan fingerprint density at radius 3 is 2.62 bits per heavy atom. The average molecular weight is 352 g/mol. The molecule has 0 N–H and O–H groups in total. The second-order valence-electron chi connectivity index (χ2n) is 6.03. The minimum absolute atomic E-state index is 0.160. The number of carbonyl (C=O) groups is 1. The molecule has 0 atom stereocenters. The van der Waals surface area contributed by atoms with E-state index >= 15 is 0 Å². The summed E-state index contributed by atoms with van der Waals surface area (Å²) in [5, 5.41) is 7.91. The highest BCUT2D eigenvalue weighted by molar-refractivity contribution is 5.86. The van der Waals surface area contributed by atoms with Crippen molar-refractivity contribution in [1.29, 1.82) is 0 Å². The number of hydrogen-bond acceptors (Lipinski definition) is 6. The van der Waals surface area contributed by atoms with E-state index in [2.05, 4.69) is 32.3 Å². The van der Waals surface area contributed by atoms with Gasteiger partial charge in [-0.15, -0.1) is 5.10 Å². The van der Waals surface area contributed by atoms with E-state index in [9.17, 15) is 4.79 Å². The molecule has 8 heteroatoms. The topological polar surface area (TPSA) is 76.4 Å². The van der Waals surface area contributed by atoms with E-state index in [0.717, 1.165) is 24.5 Å². The Kier molecular flexibility index (Phi) is 4.39. The molecule has 3 aromatic rings. The van der Waals surface area contributed by atoms with Gasteiger partial charge in [-0.05, 0) is 43.3 Å². The maximum atomic E-state index is 12.8. The van der Waals surface area contributed by atoms with Crippen LogP contribution in [0.25, 0.3) is 11.2 Å². The van der Waals surface area contributed by atoms with E-state index in [4.69, 9.17) is 4.74 Å². The van der Waals surface area contributed by atoms with Crippen LogP contribution in [0, 0.1) is 0 Å². The summed E-state index contributed by atoms with van der Waals surface area (Å²) in [6.45, 7) is 5.43. The van der Waals surface area contributed by atoms with E-state index in [-0.39, 0.29) is 6.03 Å². The van der Waals surface area contributed by atoms with Crippen LogP contribution in [0.3, 0.4) is 0 Å². The van der Waals surface area contributed by atoms with Crippen LogP contribution >= 0.6 is 0 Å². The molecule has 0 aliphatic carbocycles. The molecule has 4 rings (SSSR count). The highest BCUT2D eigenvalue weighted by Gasteiger charge is 2.24. The van der Waals surface area contributed by atoms with Gasteiger partial charge in [0.1, 0.15) is 11.3 Å². The number of piperazine rings is 1. The van der Waals surface area contributed by atoms with Crippen molar-refractivity contribution >= 4 is 22.9 Å². The number of aromatic nitrogens is 4. The van der Waals surface area contributed by atoms with Crippen molar-refractivity contribution in [3.63, 3.8) is 0 Å². The zero-order chi connectivity index (χ0) is 17.9. The predicted octanol–water partition coefficient (Wildman–Crippen LogP) is 2.02. The Hall–Kier alpha value is -3.16. The van der Waals surface area contributed by atoms with Gasteiger partial charge in [0.05, 0.1) is 6.61 Å². The molecule has 1 fully saturated rings. The fourth-order valence-electron chi connectivity index (χ4n) is 3.12. The van der Waals surface area contributed by atoms with Gasteiger partial charge in [0.2, 0.25) is 5.65 Å². The molecule has 134 valence electrons. The summed E-state index contributed by atoms with van der Waals surface area (Å²) >= 11 is 0. The van der Waals surface area contributed by atoms with Crippen LogP contribution in [-0.2, 0) is 0 Å². The lowest BCUT2D eigenvalue weighted by Crippen LogP contribution is -2.50. The molecule has 1 aliphatic rings. The molecular weight excluding hydrogens is 332 g/mol. The van der Waals surface area contributed by atoms with Gasteiger partial charge in [0, 0.05) is 38.1 Å². The molecule has 0 saturated carbocycles. The fraction of sp³-hybridized carbons (Fsp3) is 0.333. The molecule has 3 heterocycles. The summed E-state index contributed by atoms with van der Waals surface area (Å²) < 4.78 is 6.81. The summed E-state index contributed by atoms with van der Waals surface area (Å²) in [5.74, 6) is 0.872. The van der Waals surface area contributed by atoms with Crippen LogP contribution in [0.2, 0.25) is 0 Å². The Balaban J connectivity index is 1.42. The second-order valence-corrected chi connectivity index (χ2v) is 6.03. The smallest absolute Gasteiger partial charge is 0.346 e. The number of hydrogen-bond donors (Lipinski definition) is 0. The number of benzene rings is 1. The molecule has 0 radical (unpaired) electrons. The van der Waals surface area contributed by atoms with Gasteiger partial charge in [-0.25, -0.2) is 9.78 Å². The maximum absolute atomic E-state index is 12.8. The van der Waals surface area contributed by atoms with E-state index in [1.165, 1.54) is 4.68 Å². The van der Waals surface area contributed by atoms with Crippen molar-refractivity contribution in [1.82, 2.24) is 24.9 Å². The number of rotatable bonds is 3. The number of amides is 1. The average Bonchev–Trinajstić information content (AvgIpc) is 3.13. The molecule has 8 nitrogen and oxygen atoms in total. The standard InChI is InChI=1S/C18H20N6O2/c1-2-26-15-7-5-14(6-8-15)22-10-12-23(13-11-22)18(25)24-16-4-3-9-19-17(16)20-21-24/h3-9H,2,10-13H2,1H3. The quantitative estimate of drug-likeness (QED) is 0.718. The zero-order valence-electron chi connectivity index (χ0n) is 14.6. The third-order valence-corrected chi connectivity index (χ3v) is 4.47. The third-order valence-electron chi connectivity index (χ3n) is 4.47. The molecular formula is C18H20N6O2. The molecule has 2 aromatic heterocycles. The van der Waals surface area contributed by atoms with Gasteiger partial charge in [-0.1, -0.05) is 5.21 Å². The summed E-state index contributed by atoms with van der Waals surface area (Å²) in [4.78, 5) is 20.9. The Morgan fingerprint density at radius 1 is 1.12 bits per heavy atom. The van der Waals surface area contributed by atoms with Gasteiger partial charge < -0.3 is 14.5 Å². The first-order chi connectivity index (χ1) is 12.8. The van der Waals surface area contributed by atoms with E-state index in [1.54, 1.807) is 23.2 Å². The molecule has 1 aromatic carbocycles. The van der Waals surface area contributed by atoms with Crippen LogP contribution in [0.4, 0.5) is 10.5 Å². The van der Waals surface area contributed by atoms with Crippen LogP contribution in [0.15, 0.2) is 42.6 Å². The fourth-order valence-corrected chi connectivity index (χ4v) is 3.12. The number of fused-ring (bicyclic) bond motifs is 1. The summed E-state index contributed by atoms with van der Waals surface area (Å²) in [7, 11) is 0. The SMILES string of the molecule is CCOc1ccc(N2CCN(C(=O)n3nnc4ncccc43)CC2)cc1. The molecule has 1 saturated heterocycles. The van der Waals surface area contributed by atoms with Crippen molar-refractivity contribution in [3.05, 3.63) is 42.6 Å². The Labute approximate surface area is 151 Å². The Bertz CT molecular complexity index is 899. The van der Waals surface area contributed by atoms with Crippen molar-refractivity contribution in [2.24, 2.45) is 0 Å². The number of pyridine rings is 1. The molecule has 1 aliphatic heterocycles. The van der Waals surface area contributed by atoms with Crippen molar-refractivity contribution in [2.45, 2.75) is 6.92 Å². The van der Waals surface area contributed by atoms with Crippen molar-refractivity contribution in [3.8, 4) is 5.75 Å². The predicted molar refractivity (Wildman–Crippen MR) is 97.5 cm³/mol. The molecule has 1 amide bonds. The summed E-state index contributed by atoms with van der Waals surface area (Å²) in [6, 6.07) is 11.5. The number of carbonyl (C=O) groups excluding carboxylic acids is 1. The highest BCUT2D eigenvalue weighted by Crippen LogP contribution is 2.21. The first-order valence-electron chi connectivity index (χ1n) is 8.70. The van der Waals surface area contributed by atoms with Gasteiger partial charge in [0.15, 0.2) is 0 Å². The highest BCUT2D eigenvalue weighted by atomic mass is 16.5. The molecule has 0 bridgehead atoms. The monoisotopic (exact) mass is 352 g/mol. The molecule has 26 heavy (non-hydrogen) atoms. The van der Waals surface area contributed by atoms with Crippen LogP contribution < -0.4 is 9.64 Å². The third kappa shape index (κ3) is 3.05. The number of nitrogens with zero attached hydrogens (tertiary/aromatic N) is 6. The minimum atomic E-state index is -0.160. The lowest BCUT2D eigenvalue weighted by atomic mass is 10.2. The van der Waals surface area contributed by atoms with Gasteiger partial charge >= 0.3 is 6.03 Å². The van der Waals surface area contributed by atoms with Gasteiger partial charge in [0.25, 0.3) is 0 Å². The maximum Gasteiger partial charge on any atom is 0.346 e. The van der Waals surface area contributed by atoms with Crippen LogP contribution in [0.1, 0.15) is 6.92 Å². The van der Waals surface area contributed by atoms with E-state index < -0.39 is 0 Å². The van der Waals surface area contributed by atoms with Gasteiger partial charge in [-0.2, -0.15) is 4.68 Å². The largest absolute Gasteiger partial charge is 0.494 e. The summed E-state index contributed by atoms with van der Waals surface area (Å²) in [5.41, 5.74) is 2.25. The van der Waals surface area contributed by atoms with Gasteiger partial charge in [-0.3, -0.25) is 0 Å². The van der Waals surface area contributed by atoms with Crippen LogP contribution in [-0.4, -0.2) is 63.7 Å². The second kappa shape index (κ2) is 6.99. The lowest BCUT2D eigenvalue weighted by Gasteiger charge is -2.35. The van der Waals surface area contributed by atoms with Crippen molar-refractivity contribution in [2.75, 3.05) is 37.7 Å². The van der Waals surface area contributed by atoms with E-state index in [1.807, 2.05) is 19.1 Å². The number of ether oxygens (including phenoxy) is 1. The Morgan fingerprint density at radius 2 is 1.88 bits per heavy atom. The van der Waals surface area contributed by atoms with Crippen LogP contribution in [0.5, 0.6) is 5.75 Å². The first kappa shape index (κ1) is 16.3. The minimum Gasteiger partial charge on any atom is -0.494 e. The number of anilines is 1. The summed E-state index contributed by atoms with van der Waals surface area (Å²) in [6.07, 6.45) is 1.64. The van der Waals surface area contributed by atoms with Crippen molar-refractivity contribution < 1.29 is 9.53 Å². The van der Waals surface area contributed by atoms with E-state index in [0.29, 0.717) is 30.9 Å². The molecule has 0 spiro atoms. The normalized spacial score (nSPS) is 14.7. The molecule has 0 unspecified atom stereocenters. The lowest BCUT2D eigenvalue weighted by molar-refractivity contribution is 0.193. The zero-order valence-corrected chi connectivity index (χ0v) is 14.6.